The van der Waals surface area contributed by atoms with Gasteiger partial charge in [-0.15, -0.1) is 0 Å². The van der Waals surface area contributed by atoms with Gasteiger partial charge in [0.15, 0.2) is 5.82 Å². The van der Waals surface area contributed by atoms with E-state index < -0.39 is 0 Å². The molecule has 134 valence electrons. The molecule has 1 aliphatic rings. The number of aromatic hydroxyl groups is 1. The zero-order valence-corrected chi connectivity index (χ0v) is 14.7. The summed E-state index contributed by atoms with van der Waals surface area (Å²) in [5.74, 6) is 0.964. The summed E-state index contributed by atoms with van der Waals surface area (Å²) in [5.41, 5.74) is 11.5. The van der Waals surface area contributed by atoms with Crippen molar-refractivity contribution >= 4 is 5.82 Å². The molecule has 3 aromatic rings. The van der Waals surface area contributed by atoms with Crippen molar-refractivity contribution in [3.8, 4) is 34.2 Å². The summed E-state index contributed by atoms with van der Waals surface area (Å²) in [6.45, 7) is 0.318. The van der Waals surface area contributed by atoms with Crippen molar-refractivity contribution < 1.29 is 9.84 Å². The molecule has 4 rings (SSSR count). The van der Waals surface area contributed by atoms with E-state index in [4.69, 9.17) is 10.5 Å². The van der Waals surface area contributed by atoms with E-state index in [2.05, 4.69) is 21.0 Å². The van der Waals surface area contributed by atoms with Crippen LogP contribution in [0.25, 0.3) is 22.4 Å². The van der Waals surface area contributed by atoms with Gasteiger partial charge in [0.25, 0.3) is 0 Å². The fourth-order valence-corrected chi connectivity index (χ4v) is 3.50. The highest BCUT2D eigenvalue weighted by molar-refractivity contribution is 5.86. The van der Waals surface area contributed by atoms with E-state index in [9.17, 15) is 10.4 Å². The standard InChI is InChI=1S/C20H17N5O2/c1-27-10-17-23-8-12(9-24-17)18-15-4-2-11-6-13(26)3-5-14(11)19(15)25-20(22)16(18)7-21/h3,5-6,8-9,26H,2,4,10H2,1H3,(H2,22,25). The molecule has 27 heavy (non-hydrogen) atoms. The van der Waals surface area contributed by atoms with Crippen molar-refractivity contribution in [2.45, 2.75) is 19.4 Å². The lowest BCUT2D eigenvalue weighted by Gasteiger charge is -2.23. The molecule has 7 nitrogen and oxygen atoms in total. The Labute approximate surface area is 156 Å². The number of rotatable bonds is 3. The van der Waals surface area contributed by atoms with E-state index in [0.717, 1.165) is 39.9 Å². The number of methoxy groups -OCH3 is 1. The Bertz CT molecular complexity index is 1070. The Morgan fingerprint density at radius 2 is 2.04 bits per heavy atom. The predicted octanol–water partition coefficient (Wildman–Crippen LogP) is 2.61. The van der Waals surface area contributed by atoms with Gasteiger partial charge >= 0.3 is 0 Å². The van der Waals surface area contributed by atoms with Crippen LogP contribution in [-0.4, -0.2) is 27.2 Å². The highest BCUT2D eigenvalue weighted by Crippen LogP contribution is 2.41. The number of aromatic nitrogens is 3. The summed E-state index contributed by atoms with van der Waals surface area (Å²) >= 11 is 0. The summed E-state index contributed by atoms with van der Waals surface area (Å²) in [5, 5.41) is 19.4. The molecule has 0 aliphatic heterocycles. The van der Waals surface area contributed by atoms with Gasteiger partial charge in [0.2, 0.25) is 0 Å². The molecule has 0 fully saturated rings. The van der Waals surface area contributed by atoms with Crippen molar-refractivity contribution in [1.29, 1.82) is 5.26 Å². The first-order valence-corrected chi connectivity index (χ1v) is 8.47. The second-order valence-corrected chi connectivity index (χ2v) is 6.35. The van der Waals surface area contributed by atoms with Crippen molar-refractivity contribution in [2.75, 3.05) is 12.8 Å². The second-order valence-electron chi connectivity index (χ2n) is 6.35. The molecule has 0 amide bonds. The van der Waals surface area contributed by atoms with Gasteiger partial charge in [0.05, 0.1) is 5.69 Å². The van der Waals surface area contributed by atoms with Crippen LogP contribution < -0.4 is 5.73 Å². The zero-order valence-electron chi connectivity index (χ0n) is 14.7. The molecule has 2 aromatic heterocycles. The Morgan fingerprint density at radius 1 is 1.26 bits per heavy atom. The maximum absolute atomic E-state index is 9.76. The van der Waals surface area contributed by atoms with Gasteiger partial charge in [-0.3, -0.25) is 0 Å². The maximum Gasteiger partial charge on any atom is 0.153 e. The summed E-state index contributed by atoms with van der Waals surface area (Å²) in [6, 6.07) is 7.39. The van der Waals surface area contributed by atoms with Crippen LogP contribution in [0.3, 0.4) is 0 Å². The van der Waals surface area contributed by atoms with Gasteiger partial charge in [-0.05, 0) is 42.2 Å². The molecule has 0 bridgehead atoms. The van der Waals surface area contributed by atoms with Gasteiger partial charge in [-0.1, -0.05) is 0 Å². The maximum atomic E-state index is 9.76. The average molecular weight is 359 g/mol. The van der Waals surface area contributed by atoms with E-state index in [1.165, 1.54) is 0 Å². The van der Waals surface area contributed by atoms with Crippen molar-refractivity contribution in [3.63, 3.8) is 0 Å². The van der Waals surface area contributed by atoms with Gasteiger partial charge in [-0.25, -0.2) is 15.0 Å². The number of pyridine rings is 1. The quantitative estimate of drug-likeness (QED) is 0.738. The number of phenols is 1. The first kappa shape index (κ1) is 16.9. The van der Waals surface area contributed by atoms with Crippen LogP contribution in [0, 0.1) is 11.3 Å². The number of anilines is 1. The highest BCUT2D eigenvalue weighted by Gasteiger charge is 2.25. The lowest BCUT2D eigenvalue weighted by atomic mass is 9.83. The van der Waals surface area contributed by atoms with Crippen LogP contribution in [-0.2, 0) is 24.2 Å². The minimum Gasteiger partial charge on any atom is -0.508 e. The number of benzene rings is 1. The summed E-state index contributed by atoms with van der Waals surface area (Å²) in [6.07, 6.45) is 4.79. The third-order valence-corrected chi connectivity index (χ3v) is 4.69. The summed E-state index contributed by atoms with van der Waals surface area (Å²) in [7, 11) is 1.58. The summed E-state index contributed by atoms with van der Waals surface area (Å²) in [4.78, 5) is 13.1. The number of hydrogen-bond acceptors (Lipinski definition) is 7. The van der Waals surface area contributed by atoms with E-state index in [-0.39, 0.29) is 11.6 Å². The molecule has 3 N–H and O–H groups in total. The number of phenolic OH excluding ortho intramolecular Hbond substituents is 1. The smallest absolute Gasteiger partial charge is 0.153 e. The van der Waals surface area contributed by atoms with Crippen LogP contribution in [0.2, 0.25) is 0 Å². The third-order valence-electron chi connectivity index (χ3n) is 4.69. The normalized spacial score (nSPS) is 12.1. The van der Waals surface area contributed by atoms with Gasteiger partial charge in [-0.2, -0.15) is 5.26 Å². The number of nitrogens with zero attached hydrogens (tertiary/aromatic N) is 4. The van der Waals surface area contributed by atoms with Crippen LogP contribution >= 0.6 is 0 Å². The second kappa shape index (κ2) is 6.67. The number of nitriles is 1. The molecule has 0 unspecified atom stereocenters. The molecule has 0 saturated heterocycles. The van der Waals surface area contributed by atoms with E-state index in [0.29, 0.717) is 24.4 Å². The Kier molecular flexibility index (Phi) is 4.18. The highest BCUT2D eigenvalue weighted by atomic mass is 16.5. The number of aryl methyl sites for hydroxylation is 1. The molecule has 0 saturated carbocycles. The monoisotopic (exact) mass is 359 g/mol. The molecule has 1 aromatic carbocycles. The largest absolute Gasteiger partial charge is 0.508 e. The molecule has 0 atom stereocenters. The van der Waals surface area contributed by atoms with E-state index >= 15 is 0 Å². The lowest BCUT2D eigenvalue weighted by Crippen LogP contribution is -2.12. The van der Waals surface area contributed by atoms with Crippen molar-refractivity contribution in [2.24, 2.45) is 0 Å². The Hall–Kier alpha value is -3.50. The molecule has 0 radical (unpaired) electrons. The van der Waals surface area contributed by atoms with Crippen molar-refractivity contribution in [3.05, 3.63) is 53.1 Å². The lowest BCUT2D eigenvalue weighted by molar-refractivity contribution is 0.178. The minimum absolute atomic E-state index is 0.174. The predicted molar refractivity (Wildman–Crippen MR) is 99.6 cm³/mol. The number of ether oxygens (including phenoxy) is 1. The molecular weight excluding hydrogens is 342 g/mol. The van der Waals surface area contributed by atoms with E-state index in [1.54, 1.807) is 31.6 Å². The van der Waals surface area contributed by atoms with Crippen LogP contribution in [0.1, 0.15) is 22.5 Å². The van der Waals surface area contributed by atoms with Crippen molar-refractivity contribution in [1.82, 2.24) is 15.0 Å². The van der Waals surface area contributed by atoms with Crippen LogP contribution in [0.5, 0.6) is 5.75 Å². The molecule has 0 spiro atoms. The van der Waals surface area contributed by atoms with Gasteiger partial charge in [0.1, 0.15) is 29.8 Å². The van der Waals surface area contributed by atoms with Crippen LogP contribution in [0.4, 0.5) is 5.82 Å². The van der Waals surface area contributed by atoms with Crippen LogP contribution in [0.15, 0.2) is 30.6 Å². The molecule has 1 aliphatic carbocycles. The van der Waals surface area contributed by atoms with E-state index in [1.807, 2.05) is 6.07 Å². The number of fused-ring (bicyclic) bond motifs is 3. The summed E-state index contributed by atoms with van der Waals surface area (Å²) < 4.78 is 5.05. The van der Waals surface area contributed by atoms with Gasteiger partial charge < -0.3 is 15.6 Å². The number of hydrogen-bond donors (Lipinski definition) is 2. The minimum atomic E-state index is 0.174. The Balaban J connectivity index is 1.94. The fraction of sp³-hybridized carbons (Fsp3) is 0.200. The molecule has 2 heterocycles. The molecule has 7 heteroatoms. The molecular formula is C20H17N5O2. The van der Waals surface area contributed by atoms with Gasteiger partial charge in [0, 0.05) is 36.2 Å². The first-order chi connectivity index (χ1) is 13.1. The number of nitrogens with two attached hydrogens (primary N) is 1. The first-order valence-electron chi connectivity index (χ1n) is 8.47. The zero-order chi connectivity index (χ0) is 19.0. The Morgan fingerprint density at radius 3 is 2.74 bits per heavy atom. The topological polar surface area (TPSA) is 118 Å². The fourth-order valence-electron chi connectivity index (χ4n) is 3.50. The number of nitrogen functional groups attached to an aromatic ring is 1. The third kappa shape index (κ3) is 2.86. The average Bonchev–Trinajstić information content (AvgIpc) is 2.67. The SMILES string of the molecule is COCc1ncc(-c2c(C#N)c(N)nc3c2CCc2cc(O)ccc2-3)cn1.